The lowest BCUT2D eigenvalue weighted by molar-refractivity contribution is 0.212. The molecule has 0 aliphatic heterocycles. The standard InChI is InChI=1S/C14H10BrClF2O2.C14H10BrClF2O/c1-20-11-5-3-8(12(17)13(11)18)14(19)9-6-7(15)2-4-10(9)16;1-19-12-5-2-8(13(17)14(12)18)6-9-7-10(15)3-4-11(9)16/h2-6,14,19H,1H3;2-5,7H,6H2,1H3. The van der Waals surface area contributed by atoms with Crippen LogP contribution in [-0.2, 0) is 6.42 Å². The fraction of sp³-hybridized carbons (Fsp3) is 0.143. The normalized spacial score (nSPS) is 11.5. The monoisotopic (exact) mass is 708 g/mol. The highest BCUT2D eigenvalue weighted by molar-refractivity contribution is 9.10. The summed E-state index contributed by atoms with van der Waals surface area (Å²) < 4.78 is 66.0. The Kier molecular flexibility index (Phi) is 11.1. The summed E-state index contributed by atoms with van der Waals surface area (Å²) in [6.07, 6.45) is -1.16. The zero-order valence-electron chi connectivity index (χ0n) is 20.3. The van der Waals surface area contributed by atoms with E-state index >= 15 is 0 Å². The van der Waals surface area contributed by atoms with Crippen molar-refractivity contribution in [2.45, 2.75) is 12.5 Å². The molecule has 0 amide bonds. The first-order valence-electron chi connectivity index (χ1n) is 11.1. The Bertz CT molecular complexity index is 1490. The topological polar surface area (TPSA) is 38.7 Å². The molecule has 0 aliphatic carbocycles. The van der Waals surface area contributed by atoms with Gasteiger partial charge >= 0.3 is 0 Å². The van der Waals surface area contributed by atoms with E-state index in [9.17, 15) is 22.7 Å². The number of benzene rings is 4. The predicted molar refractivity (Wildman–Crippen MR) is 151 cm³/mol. The van der Waals surface area contributed by atoms with Gasteiger partial charge in [0.1, 0.15) is 6.10 Å². The summed E-state index contributed by atoms with van der Waals surface area (Å²) in [5.41, 5.74) is 1.03. The van der Waals surface area contributed by atoms with Crippen LogP contribution >= 0.6 is 55.1 Å². The minimum atomic E-state index is -1.37. The highest BCUT2D eigenvalue weighted by Gasteiger charge is 2.22. The maximum atomic E-state index is 13.9. The van der Waals surface area contributed by atoms with Gasteiger partial charge in [0.05, 0.1) is 14.2 Å². The molecule has 0 bridgehead atoms. The van der Waals surface area contributed by atoms with Gasteiger partial charge in [0.15, 0.2) is 23.1 Å². The van der Waals surface area contributed by atoms with E-state index in [1.807, 2.05) is 0 Å². The lowest BCUT2D eigenvalue weighted by atomic mass is 10.0. The van der Waals surface area contributed by atoms with Crippen LogP contribution in [0.1, 0.15) is 28.4 Å². The van der Waals surface area contributed by atoms with E-state index in [2.05, 4.69) is 36.6 Å². The fourth-order valence-corrected chi connectivity index (χ4v) is 4.75. The largest absolute Gasteiger partial charge is 0.494 e. The van der Waals surface area contributed by atoms with E-state index in [0.717, 1.165) is 10.0 Å². The summed E-state index contributed by atoms with van der Waals surface area (Å²) in [6, 6.07) is 15.5. The molecule has 4 rings (SSSR count). The lowest BCUT2D eigenvalue weighted by Crippen LogP contribution is -2.06. The van der Waals surface area contributed by atoms with Crippen LogP contribution in [-0.4, -0.2) is 19.3 Å². The van der Waals surface area contributed by atoms with Gasteiger partial charge in [-0.15, -0.1) is 0 Å². The van der Waals surface area contributed by atoms with Gasteiger partial charge in [0.2, 0.25) is 11.6 Å². The highest BCUT2D eigenvalue weighted by atomic mass is 79.9. The summed E-state index contributed by atoms with van der Waals surface area (Å²) >= 11 is 18.6. The zero-order chi connectivity index (χ0) is 28.9. The number of methoxy groups -OCH3 is 2. The molecular weight excluding hydrogens is 691 g/mol. The van der Waals surface area contributed by atoms with Crippen molar-refractivity contribution in [3.8, 4) is 11.5 Å². The first-order chi connectivity index (χ1) is 18.5. The third-order valence-electron chi connectivity index (χ3n) is 5.58. The summed E-state index contributed by atoms with van der Waals surface area (Å²) in [5, 5.41) is 11.0. The van der Waals surface area contributed by atoms with Gasteiger partial charge in [-0.3, -0.25) is 0 Å². The fourth-order valence-electron chi connectivity index (χ4n) is 3.56. The molecule has 206 valence electrons. The molecule has 11 heteroatoms. The predicted octanol–water partition coefficient (Wildman–Crippen LogP) is 9.45. The summed E-state index contributed by atoms with van der Waals surface area (Å²) in [6.45, 7) is 0. The molecule has 0 aliphatic rings. The summed E-state index contributed by atoms with van der Waals surface area (Å²) in [5.74, 6) is -4.52. The van der Waals surface area contributed by atoms with Crippen molar-refractivity contribution < 1.29 is 32.1 Å². The van der Waals surface area contributed by atoms with Gasteiger partial charge in [0, 0.05) is 36.5 Å². The average Bonchev–Trinajstić information content (AvgIpc) is 2.92. The molecule has 0 heterocycles. The lowest BCUT2D eigenvalue weighted by Gasteiger charge is -2.15. The molecule has 39 heavy (non-hydrogen) atoms. The number of hydrogen-bond donors (Lipinski definition) is 1. The second kappa shape index (κ2) is 13.9. The molecule has 4 aromatic carbocycles. The van der Waals surface area contributed by atoms with Crippen LogP contribution in [0.3, 0.4) is 0 Å². The van der Waals surface area contributed by atoms with E-state index in [0.29, 0.717) is 9.50 Å². The molecule has 1 unspecified atom stereocenters. The van der Waals surface area contributed by atoms with Crippen LogP contribution in [0.2, 0.25) is 10.0 Å². The molecule has 0 radical (unpaired) electrons. The first kappa shape index (κ1) is 31.2. The van der Waals surface area contributed by atoms with Gasteiger partial charge in [-0.05, 0) is 65.7 Å². The second-order valence-corrected chi connectivity index (χ2v) is 10.7. The third kappa shape index (κ3) is 7.46. The SMILES string of the molecule is COc1ccc(C(O)c2cc(Br)ccc2Cl)c(F)c1F.COc1ccc(Cc2cc(Br)ccc2Cl)c(F)c1F. The Morgan fingerprint density at radius 2 is 1.21 bits per heavy atom. The van der Waals surface area contributed by atoms with Gasteiger partial charge in [-0.1, -0.05) is 61.1 Å². The molecular formula is C28H20Br2Cl2F4O3. The van der Waals surface area contributed by atoms with E-state index < -0.39 is 29.4 Å². The molecule has 0 fully saturated rings. The van der Waals surface area contributed by atoms with Crippen molar-refractivity contribution in [3.05, 3.63) is 125 Å². The molecule has 1 N–H and O–H groups in total. The Hall–Kier alpha value is -2.30. The number of aliphatic hydroxyl groups is 1. The van der Waals surface area contributed by atoms with Crippen LogP contribution in [0.4, 0.5) is 17.6 Å². The number of hydrogen-bond acceptors (Lipinski definition) is 3. The Balaban J connectivity index is 0.000000216. The van der Waals surface area contributed by atoms with E-state index in [1.54, 1.807) is 36.4 Å². The van der Waals surface area contributed by atoms with Crippen LogP contribution < -0.4 is 9.47 Å². The van der Waals surface area contributed by atoms with Crippen molar-refractivity contribution in [1.29, 1.82) is 0 Å². The van der Waals surface area contributed by atoms with Crippen LogP contribution in [0.15, 0.2) is 69.6 Å². The van der Waals surface area contributed by atoms with Crippen molar-refractivity contribution in [2.24, 2.45) is 0 Å². The smallest absolute Gasteiger partial charge is 0.200 e. The zero-order valence-corrected chi connectivity index (χ0v) is 25.0. The third-order valence-corrected chi connectivity index (χ3v) is 7.28. The van der Waals surface area contributed by atoms with E-state index in [-0.39, 0.29) is 39.6 Å². The van der Waals surface area contributed by atoms with Crippen LogP contribution in [0.5, 0.6) is 11.5 Å². The maximum absolute atomic E-state index is 13.9. The Morgan fingerprint density at radius 1 is 0.667 bits per heavy atom. The van der Waals surface area contributed by atoms with Gasteiger partial charge < -0.3 is 14.6 Å². The number of halogens is 8. The Morgan fingerprint density at radius 3 is 1.82 bits per heavy atom. The molecule has 4 aromatic rings. The molecule has 0 aromatic heterocycles. The molecule has 3 nitrogen and oxygen atoms in total. The Labute approximate surface area is 249 Å². The highest BCUT2D eigenvalue weighted by Crippen LogP contribution is 2.34. The van der Waals surface area contributed by atoms with Gasteiger partial charge in [0.25, 0.3) is 0 Å². The molecule has 1 atom stereocenters. The minimum absolute atomic E-state index is 0.110. The van der Waals surface area contributed by atoms with Crippen LogP contribution in [0, 0.1) is 23.3 Å². The van der Waals surface area contributed by atoms with Crippen LogP contribution in [0.25, 0.3) is 0 Å². The molecule has 0 saturated heterocycles. The minimum Gasteiger partial charge on any atom is -0.494 e. The number of aliphatic hydroxyl groups excluding tert-OH is 1. The summed E-state index contributed by atoms with van der Waals surface area (Å²) in [7, 11) is 2.53. The molecule has 0 spiro atoms. The number of rotatable bonds is 6. The first-order valence-corrected chi connectivity index (χ1v) is 13.4. The summed E-state index contributed by atoms with van der Waals surface area (Å²) in [4.78, 5) is 0. The van der Waals surface area contributed by atoms with Gasteiger partial charge in [-0.2, -0.15) is 8.78 Å². The molecule has 0 saturated carbocycles. The average molecular weight is 711 g/mol. The van der Waals surface area contributed by atoms with Crippen molar-refractivity contribution in [3.63, 3.8) is 0 Å². The van der Waals surface area contributed by atoms with Gasteiger partial charge in [-0.25, -0.2) is 8.78 Å². The quantitative estimate of drug-likeness (QED) is 0.203. The van der Waals surface area contributed by atoms with Crippen molar-refractivity contribution in [1.82, 2.24) is 0 Å². The van der Waals surface area contributed by atoms with Crippen molar-refractivity contribution in [2.75, 3.05) is 14.2 Å². The second-order valence-electron chi connectivity index (χ2n) is 8.02. The van der Waals surface area contributed by atoms with Crippen molar-refractivity contribution >= 4 is 55.1 Å². The maximum Gasteiger partial charge on any atom is 0.200 e. The van der Waals surface area contributed by atoms with E-state index in [1.165, 1.54) is 38.5 Å². The van der Waals surface area contributed by atoms with E-state index in [4.69, 9.17) is 27.9 Å². The number of ether oxygens (including phenoxy) is 2.